The van der Waals surface area contributed by atoms with Crippen LogP contribution in [-0.2, 0) is 16.0 Å². The Morgan fingerprint density at radius 2 is 1.42 bits per heavy atom. The highest BCUT2D eigenvalue weighted by molar-refractivity contribution is 5.95. The van der Waals surface area contributed by atoms with Gasteiger partial charge >= 0.3 is 0 Å². The number of hydrogen-bond acceptors (Lipinski definition) is 4. The maximum absolute atomic E-state index is 14.0. The summed E-state index contributed by atoms with van der Waals surface area (Å²) >= 11 is 0. The molecular weight excluding hydrogens is 425 g/mol. The molecule has 0 aliphatic rings. The Morgan fingerprint density at radius 3 is 2.03 bits per heavy atom. The van der Waals surface area contributed by atoms with Crippen LogP contribution in [-0.4, -0.2) is 35.0 Å². The summed E-state index contributed by atoms with van der Waals surface area (Å²) in [4.78, 5) is 37.5. The molecule has 0 spiro atoms. The minimum Gasteiger partial charge on any atom is -0.381 e. The van der Waals surface area contributed by atoms with Crippen molar-refractivity contribution in [1.29, 1.82) is 0 Å². The van der Waals surface area contributed by atoms with E-state index < -0.39 is 41.7 Å². The lowest BCUT2D eigenvalue weighted by molar-refractivity contribution is -0.134. The van der Waals surface area contributed by atoms with Gasteiger partial charge in [0.2, 0.25) is 5.91 Å². The van der Waals surface area contributed by atoms with Gasteiger partial charge in [-0.3, -0.25) is 14.4 Å². The third-order valence-electron chi connectivity index (χ3n) is 5.11. The van der Waals surface area contributed by atoms with Crippen LogP contribution in [0.15, 0.2) is 84.9 Å². The molecule has 3 rings (SSSR count). The first-order chi connectivity index (χ1) is 15.9. The van der Waals surface area contributed by atoms with Gasteiger partial charge < -0.3 is 21.5 Å². The zero-order valence-electron chi connectivity index (χ0n) is 17.6. The summed E-state index contributed by atoms with van der Waals surface area (Å²) in [5.74, 6) is -2.86. The molecule has 0 fully saturated rings. The Hall–Kier alpha value is -4.04. The van der Waals surface area contributed by atoms with Gasteiger partial charge in [0.1, 0.15) is 11.9 Å². The normalized spacial score (nSPS) is 13.4. The highest BCUT2D eigenvalue weighted by atomic mass is 19.1. The van der Waals surface area contributed by atoms with E-state index in [4.69, 9.17) is 5.73 Å². The molecule has 3 aromatic rings. The van der Waals surface area contributed by atoms with Crippen molar-refractivity contribution < 1.29 is 23.9 Å². The van der Waals surface area contributed by atoms with Crippen LogP contribution in [0, 0.1) is 5.82 Å². The van der Waals surface area contributed by atoms with E-state index in [1.807, 2.05) is 0 Å². The van der Waals surface area contributed by atoms with Gasteiger partial charge in [-0.25, -0.2) is 4.39 Å². The number of halogens is 1. The zero-order chi connectivity index (χ0) is 23.8. The fourth-order valence-corrected chi connectivity index (χ4v) is 3.33. The maximum Gasteiger partial charge on any atom is 0.252 e. The number of carbonyl (C=O) groups excluding carboxylic acids is 3. The van der Waals surface area contributed by atoms with Crippen molar-refractivity contribution in [2.24, 2.45) is 5.73 Å². The van der Waals surface area contributed by atoms with Crippen LogP contribution in [0.25, 0.3) is 0 Å². The molecule has 3 atom stereocenters. The van der Waals surface area contributed by atoms with E-state index >= 15 is 0 Å². The molecule has 0 aromatic heterocycles. The van der Waals surface area contributed by atoms with Crippen LogP contribution in [0.5, 0.6) is 0 Å². The number of aliphatic hydroxyl groups is 1. The molecule has 0 aliphatic heterocycles. The number of benzene rings is 3. The summed E-state index contributed by atoms with van der Waals surface area (Å²) in [6, 6.07) is 20.2. The third kappa shape index (κ3) is 6.24. The molecule has 0 radical (unpaired) electrons. The van der Waals surface area contributed by atoms with E-state index in [0.29, 0.717) is 11.1 Å². The first-order valence-electron chi connectivity index (χ1n) is 10.3. The largest absolute Gasteiger partial charge is 0.381 e. The summed E-state index contributed by atoms with van der Waals surface area (Å²) in [6.07, 6.45) is -1.94. The number of amides is 3. The second kappa shape index (κ2) is 11.0. The first-order valence-corrected chi connectivity index (χ1v) is 10.3. The van der Waals surface area contributed by atoms with Crippen molar-refractivity contribution in [1.82, 2.24) is 10.6 Å². The lowest BCUT2D eigenvalue weighted by atomic mass is 9.99. The van der Waals surface area contributed by atoms with E-state index in [1.54, 1.807) is 66.7 Å². The molecule has 0 saturated carbocycles. The second-order valence-electron chi connectivity index (χ2n) is 7.43. The number of carbonyl (C=O) groups is 3. The monoisotopic (exact) mass is 449 g/mol. The molecule has 0 unspecified atom stereocenters. The number of primary amides is 1. The quantitative estimate of drug-likeness (QED) is 0.398. The van der Waals surface area contributed by atoms with E-state index in [1.165, 1.54) is 18.2 Å². The van der Waals surface area contributed by atoms with Crippen molar-refractivity contribution in [3.63, 3.8) is 0 Å². The highest BCUT2D eigenvalue weighted by Gasteiger charge is 2.32. The van der Waals surface area contributed by atoms with Crippen molar-refractivity contribution in [2.45, 2.75) is 24.6 Å². The predicted molar refractivity (Wildman–Crippen MR) is 120 cm³/mol. The summed E-state index contributed by atoms with van der Waals surface area (Å²) in [5.41, 5.74) is 6.42. The van der Waals surface area contributed by atoms with Crippen LogP contribution >= 0.6 is 0 Å². The Bertz CT molecular complexity index is 1110. The lowest BCUT2D eigenvalue weighted by Gasteiger charge is -2.26. The molecule has 33 heavy (non-hydrogen) atoms. The van der Waals surface area contributed by atoms with Crippen molar-refractivity contribution >= 4 is 17.7 Å². The molecule has 5 N–H and O–H groups in total. The average Bonchev–Trinajstić information content (AvgIpc) is 2.83. The van der Waals surface area contributed by atoms with Crippen LogP contribution in [0.4, 0.5) is 4.39 Å². The van der Waals surface area contributed by atoms with Gasteiger partial charge in [0.25, 0.3) is 11.8 Å². The summed E-state index contributed by atoms with van der Waals surface area (Å²) in [6.45, 7) is 0. The summed E-state index contributed by atoms with van der Waals surface area (Å²) in [5, 5.41) is 15.9. The van der Waals surface area contributed by atoms with Crippen molar-refractivity contribution in [3.8, 4) is 0 Å². The topological polar surface area (TPSA) is 122 Å². The number of hydrogen-bond donors (Lipinski definition) is 4. The number of nitrogens with two attached hydrogens (primary N) is 1. The molecule has 3 aromatic carbocycles. The molecule has 3 amide bonds. The van der Waals surface area contributed by atoms with E-state index in [0.717, 1.165) is 0 Å². The van der Waals surface area contributed by atoms with E-state index in [2.05, 4.69) is 10.6 Å². The number of rotatable bonds is 9. The minimum atomic E-state index is -1.75. The van der Waals surface area contributed by atoms with Crippen LogP contribution in [0.3, 0.4) is 0 Å². The SMILES string of the molecule is NC(=O)[C@H](Cc1ccccc1F)NC(=O)[C@H](O)[C@@H](NC(=O)c1ccccc1)c1ccccc1. The fraction of sp³-hybridized carbons (Fsp3) is 0.160. The molecule has 170 valence electrons. The molecule has 8 heteroatoms. The van der Waals surface area contributed by atoms with Gasteiger partial charge in [-0.2, -0.15) is 0 Å². The van der Waals surface area contributed by atoms with Gasteiger partial charge in [-0.05, 0) is 29.3 Å². The van der Waals surface area contributed by atoms with Gasteiger partial charge in [0.05, 0.1) is 6.04 Å². The molecule has 0 aliphatic carbocycles. The Balaban J connectivity index is 1.79. The summed E-state index contributed by atoms with van der Waals surface area (Å²) < 4.78 is 14.0. The van der Waals surface area contributed by atoms with Crippen LogP contribution in [0.2, 0.25) is 0 Å². The Labute approximate surface area is 190 Å². The average molecular weight is 449 g/mol. The van der Waals surface area contributed by atoms with Gasteiger partial charge in [-0.1, -0.05) is 66.7 Å². The smallest absolute Gasteiger partial charge is 0.252 e. The predicted octanol–water partition coefficient (Wildman–Crippen LogP) is 1.87. The highest BCUT2D eigenvalue weighted by Crippen LogP contribution is 2.19. The Kier molecular flexibility index (Phi) is 7.88. The summed E-state index contributed by atoms with van der Waals surface area (Å²) in [7, 11) is 0. The van der Waals surface area contributed by atoms with E-state index in [-0.39, 0.29) is 12.0 Å². The number of nitrogens with one attached hydrogen (secondary N) is 2. The van der Waals surface area contributed by atoms with Crippen LogP contribution in [0.1, 0.15) is 27.5 Å². The van der Waals surface area contributed by atoms with E-state index in [9.17, 15) is 23.9 Å². The molecule has 0 saturated heterocycles. The van der Waals surface area contributed by atoms with Crippen LogP contribution < -0.4 is 16.4 Å². The molecule has 7 nitrogen and oxygen atoms in total. The lowest BCUT2D eigenvalue weighted by Crippen LogP contribution is -2.52. The minimum absolute atomic E-state index is 0.188. The molecule has 0 bridgehead atoms. The zero-order valence-corrected chi connectivity index (χ0v) is 17.6. The maximum atomic E-state index is 14.0. The molecular formula is C25H24FN3O4. The number of aliphatic hydroxyl groups excluding tert-OH is 1. The van der Waals surface area contributed by atoms with Gasteiger partial charge in [-0.15, -0.1) is 0 Å². The van der Waals surface area contributed by atoms with Crippen molar-refractivity contribution in [2.75, 3.05) is 0 Å². The first kappa shape index (κ1) is 23.6. The van der Waals surface area contributed by atoms with Crippen molar-refractivity contribution in [3.05, 3.63) is 107 Å². The second-order valence-corrected chi connectivity index (χ2v) is 7.43. The fourth-order valence-electron chi connectivity index (χ4n) is 3.33. The van der Waals surface area contributed by atoms with Gasteiger partial charge in [0, 0.05) is 12.0 Å². The third-order valence-corrected chi connectivity index (χ3v) is 5.11. The molecule has 0 heterocycles. The Morgan fingerprint density at radius 1 is 0.848 bits per heavy atom. The van der Waals surface area contributed by atoms with Gasteiger partial charge in [0.15, 0.2) is 6.10 Å². The standard InChI is InChI=1S/C25H24FN3O4/c26-19-14-8-7-13-18(19)15-20(23(27)31)28-25(33)22(30)21(16-9-3-1-4-10-16)29-24(32)17-11-5-2-6-12-17/h1-14,20-22,30H,15H2,(H2,27,31)(H,28,33)(H,29,32)/t20-,21-,22+/m0/s1.